The van der Waals surface area contributed by atoms with E-state index in [1.165, 1.54) is 24.8 Å². The largest absolute Gasteiger partial charge is 0.370 e. The van der Waals surface area contributed by atoms with E-state index in [-0.39, 0.29) is 12.1 Å². The standard InChI is InChI=1S/C14H22N2O/c1-11-6-5-9-16-13(11)10-17-14-8-4-2-3-7-12(14)15/h5-6,9,12,14H,2-4,7-8,10,15H2,1H3. The van der Waals surface area contributed by atoms with Gasteiger partial charge < -0.3 is 10.5 Å². The minimum Gasteiger partial charge on any atom is -0.370 e. The maximum Gasteiger partial charge on any atom is 0.0895 e. The van der Waals surface area contributed by atoms with Gasteiger partial charge in [-0.25, -0.2) is 0 Å². The van der Waals surface area contributed by atoms with E-state index >= 15 is 0 Å². The molecule has 0 aliphatic heterocycles. The summed E-state index contributed by atoms with van der Waals surface area (Å²) in [4.78, 5) is 4.35. The first kappa shape index (κ1) is 12.5. The van der Waals surface area contributed by atoms with Crippen LogP contribution in [0.5, 0.6) is 0 Å². The van der Waals surface area contributed by atoms with Gasteiger partial charge in [-0.05, 0) is 31.4 Å². The van der Waals surface area contributed by atoms with Crippen molar-refractivity contribution >= 4 is 0 Å². The molecule has 1 aromatic heterocycles. The molecule has 3 nitrogen and oxygen atoms in total. The van der Waals surface area contributed by atoms with Gasteiger partial charge in [0.2, 0.25) is 0 Å². The number of nitrogens with two attached hydrogens (primary N) is 1. The number of hydrogen-bond acceptors (Lipinski definition) is 3. The first-order valence-corrected chi connectivity index (χ1v) is 6.55. The molecule has 94 valence electrons. The fourth-order valence-corrected chi connectivity index (χ4v) is 2.36. The van der Waals surface area contributed by atoms with Crippen LogP contribution in [0, 0.1) is 6.92 Å². The summed E-state index contributed by atoms with van der Waals surface area (Å²) in [7, 11) is 0. The van der Waals surface area contributed by atoms with E-state index < -0.39 is 0 Å². The van der Waals surface area contributed by atoms with Crippen LogP contribution in [-0.2, 0) is 11.3 Å². The highest BCUT2D eigenvalue weighted by molar-refractivity contribution is 5.16. The quantitative estimate of drug-likeness (QED) is 0.818. The van der Waals surface area contributed by atoms with E-state index in [0.717, 1.165) is 18.5 Å². The van der Waals surface area contributed by atoms with Gasteiger partial charge in [-0.1, -0.05) is 25.3 Å². The molecule has 1 fully saturated rings. The molecule has 2 N–H and O–H groups in total. The number of rotatable bonds is 3. The minimum absolute atomic E-state index is 0.196. The Bertz CT molecular complexity index is 354. The summed E-state index contributed by atoms with van der Waals surface area (Å²) < 4.78 is 5.95. The van der Waals surface area contributed by atoms with E-state index in [9.17, 15) is 0 Å². The van der Waals surface area contributed by atoms with Gasteiger partial charge in [0, 0.05) is 12.2 Å². The number of nitrogens with zero attached hydrogens (tertiary/aromatic N) is 1. The Morgan fingerprint density at radius 2 is 2.18 bits per heavy atom. The van der Waals surface area contributed by atoms with Crippen LogP contribution in [0.2, 0.25) is 0 Å². The lowest BCUT2D eigenvalue weighted by Gasteiger charge is -2.22. The molecule has 0 saturated heterocycles. The van der Waals surface area contributed by atoms with Crippen LogP contribution >= 0.6 is 0 Å². The van der Waals surface area contributed by atoms with E-state index in [4.69, 9.17) is 10.5 Å². The number of ether oxygens (including phenoxy) is 1. The van der Waals surface area contributed by atoms with E-state index in [1.54, 1.807) is 0 Å². The number of aryl methyl sites for hydroxylation is 1. The zero-order valence-electron chi connectivity index (χ0n) is 10.6. The van der Waals surface area contributed by atoms with Crippen molar-refractivity contribution in [1.82, 2.24) is 4.98 Å². The van der Waals surface area contributed by atoms with Crippen molar-refractivity contribution in [3.05, 3.63) is 29.6 Å². The van der Waals surface area contributed by atoms with Crippen molar-refractivity contribution in [3.63, 3.8) is 0 Å². The van der Waals surface area contributed by atoms with Gasteiger partial charge in [0.15, 0.2) is 0 Å². The van der Waals surface area contributed by atoms with Gasteiger partial charge in [0.1, 0.15) is 0 Å². The monoisotopic (exact) mass is 234 g/mol. The van der Waals surface area contributed by atoms with Gasteiger partial charge in [-0.15, -0.1) is 0 Å². The molecular formula is C14H22N2O. The Morgan fingerprint density at radius 3 is 3.00 bits per heavy atom. The van der Waals surface area contributed by atoms with Crippen molar-refractivity contribution in [2.75, 3.05) is 0 Å². The molecule has 2 rings (SSSR count). The topological polar surface area (TPSA) is 48.1 Å². The number of aromatic nitrogens is 1. The first-order chi connectivity index (χ1) is 8.27. The molecule has 1 heterocycles. The maximum absolute atomic E-state index is 6.14. The zero-order valence-corrected chi connectivity index (χ0v) is 10.6. The molecule has 0 radical (unpaired) electrons. The Morgan fingerprint density at radius 1 is 1.35 bits per heavy atom. The molecule has 1 aliphatic carbocycles. The van der Waals surface area contributed by atoms with Crippen molar-refractivity contribution in [3.8, 4) is 0 Å². The third kappa shape index (κ3) is 3.51. The number of hydrogen-bond donors (Lipinski definition) is 1. The van der Waals surface area contributed by atoms with Crippen molar-refractivity contribution in [1.29, 1.82) is 0 Å². The van der Waals surface area contributed by atoms with Gasteiger partial charge >= 0.3 is 0 Å². The maximum atomic E-state index is 6.14. The lowest BCUT2D eigenvalue weighted by atomic mass is 10.1. The summed E-state index contributed by atoms with van der Waals surface area (Å²) in [5.74, 6) is 0. The third-order valence-corrected chi connectivity index (χ3v) is 3.56. The Balaban J connectivity index is 1.90. The SMILES string of the molecule is Cc1cccnc1COC1CCCCCC1N. The first-order valence-electron chi connectivity index (χ1n) is 6.55. The van der Waals surface area contributed by atoms with Crippen LogP contribution in [0.15, 0.2) is 18.3 Å². The Hall–Kier alpha value is -0.930. The highest BCUT2D eigenvalue weighted by atomic mass is 16.5. The molecule has 2 atom stereocenters. The van der Waals surface area contributed by atoms with Crippen LogP contribution in [0.25, 0.3) is 0 Å². The van der Waals surface area contributed by atoms with Crippen LogP contribution < -0.4 is 5.73 Å². The van der Waals surface area contributed by atoms with Gasteiger partial charge in [0.25, 0.3) is 0 Å². The van der Waals surface area contributed by atoms with Crippen molar-refractivity contribution in [2.45, 2.75) is 57.8 Å². The lowest BCUT2D eigenvalue weighted by Crippen LogP contribution is -2.35. The Kier molecular flexibility index (Phi) is 4.51. The summed E-state index contributed by atoms with van der Waals surface area (Å²) in [5, 5.41) is 0. The van der Waals surface area contributed by atoms with E-state index in [2.05, 4.69) is 18.0 Å². The fraction of sp³-hybridized carbons (Fsp3) is 0.643. The predicted octanol–water partition coefficient (Wildman–Crippen LogP) is 2.57. The average molecular weight is 234 g/mol. The highest BCUT2D eigenvalue weighted by Gasteiger charge is 2.21. The molecule has 0 aromatic carbocycles. The van der Waals surface area contributed by atoms with E-state index in [0.29, 0.717) is 6.61 Å². The van der Waals surface area contributed by atoms with E-state index in [1.807, 2.05) is 12.3 Å². The smallest absolute Gasteiger partial charge is 0.0895 e. The zero-order chi connectivity index (χ0) is 12.1. The van der Waals surface area contributed by atoms with Crippen LogP contribution in [0.3, 0.4) is 0 Å². The molecule has 1 aliphatic rings. The van der Waals surface area contributed by atoms with Gasteiger partial charge in [-0.2, -0.15) is 0 Å². The van der Waals surface area contributed by atoms with Crippen LogP contribution in [0.4, 0.5) is 0 Å². The van der Waals surface area contributed by atoms with Crippen molar-refractivity contribution < 1.29 is 4.74 Å². The summed E-state index contributed by atoms with van der Waals surface area (Å²) in [5.41, 5.74) is 8.36. The summed E-state index contributed by atoms with van der Waals surface area (Å²) >= 11 is 0. The fourth-order valence-electron chi connectivity index (χ4n) is 2.36. The molecular weight excluding hydrogens is 212 g/mol. The average Bonchev–Trinajstić information content (AvgIpc) is 2.53. The molecule has 3 heteroatoms. The summed E-state index contributed by atoms with van der Waals surface area (Å²) in [6, 6.07) is 4.22. The van der Waals surface area contributed by atoms with Crippen molar-refractivity contribution in [2.24, 2.45) is 5.73 Å². The van der Waals surface area contributed by atoms with Crippen LogP contribution in [-0.4, -0.2) is 17.1 Å². The second kappa shape index (κ2) is 6.12. The molecule has 1 aromatic rings. The second-order valence-electron chi connectivity index (χ2n) is 4.92. The van der Waals surface area contributed by atoms with Gasteiger partial charge in [-0.3, -0.25) is 4.98 Å². The molecule has 1 saturated carbocycles. The summed E-state index contributed by atoms with van der Waals surface area (Å²) in [6.07, 6.45) is 7.97. The lowest BCUT2D eigenvalue weighted by molar-refractivity contribution is 0.0175. The normalized spacial score (nSPS) is 25.5. The van der Waals surface area contributed by atoms with Crippen LogP contribution in [0.1, 0.15) is 43.4 Å². The minimum atomic E-state index is 0.196. The molecule has 0 bridgehead atoms. The summed E-state index contributed by atoms with van der Waals surface area (Å²) in [6.45, 7) is 2.66. The molecule has 0 amide bonds. The highest BCUT2D eigenvalue weighted by Crippen LogP contribution is 2.20. The molecule has 0 spiro atoms. The molecule has 17 heavy (non-hydrogen) atoms. The third-order valence-electron chi connectivity index (χ3n) is 3.56. The van der Waals surface area contributed by atoms with Gasteiger partial charge in [0.05, 0.1) is 18.4 Å². The predicted molar refractivity (Wildman–Crippen MR) is 68.6 cm³/mol. The number of pyridine rings is 1. The second-order valence-corrected chi connectivity index (χ2v) is 4.92. The molecule has 2 unspecified atom stereocenters. The Labute approximate surface area is 103 Å².